The number of benzene rings is 2. The maximum absolute atomic E-state index is 12.3. The predicted octanol–water partition coefficient (Wildman–Crippen LogP) is 4.95. The summed E-state index contributed by atoms with van der Waals surface area (Å²) in [5.74, 6) is 0.834. The van der Waals surface area contributed by atoms with E-state index in [-0.39, 0.29) is 5.78 Å². The Morgan fingerprint density at radius 1 is 1.10 bits per heavy atom. The highest BCUT2D eigenvalue weighted by Crippen LogP contribution is 2.25. The second-order valence-electron chi connectivity index (χ2n) is 4.52. The maximum Gasteiger partial charge on any atom is 0.167 e. The SMILES string of the molecule is COc1ccc(Br)c(CC(=O)c2ccc(C)c(Br)c2)c1. The third-order valence-electron chi connectivity index (χ3n) is 3.10. The topological polar surface area (TPSA) is 26.3 Å². The van der Waals surface area contributed by atoms with Crippen molar-refractivity contribution in [1.29, 1.82) is 0 Å². The molecule has 0 aliphatic rings. The summed E-state index contributed by atoms with van der Waals surface area (Å²) in [4.78, 5) is 12.3. The first-order chi connectivity index (χ1) is 9.51. The summed E-state index contributed by atoms with van der Waals surface area (Å²) in [7, 11) is 1.62. The average molecular weight is 398 g/mol. The van der Waals surface area contributed by atoms with Gasteiger partial charge in [0.05, 0.1) is 7.11 Å². The molecular weight excluding hydrogens is 384 g/mol. The Morgan fingerprint density at radius 2 is 1.85 bits per heavy atom. The minimum Gasteiger partial charge on any atom is -0.497 e. The molecule has 0 aromatic heterocycles. The van der Waals surface area contributed by atoms with Crippen LogP contribution in [0.4, 0.5) is 0 Å². The number of carbonyl (C=O) groups excluding carboxylic acids is 1. The molecule has 0 aliphatic carbocycles. The standard InChI is InChI=1S/C16H14Br2O2/c1-10-3-4-11(8-15(10)18)16(19)9-12-7-13(20-2)5-6-14(12)17/h3-8H,9H2,1-2H3. The maximum atomic E-state index is 12.3. The fraction of sp³-hybridized carbons (Fsp3) is 0.188. The van der Waals surface area contributed by atoms with E-state index in [1.807, 2.05) is 43.3 Å². The summed E-state index contributed by atoms with van der Waals surface area (Å²) in [6, 6.07) is 11.3. The van der Waals surface area contributed by atoms with Crippen LogP contribution >= 0.6 is 31.9 Å². The Morgan fingerprint density at radius 3 is 2.50 bits per heavy atom. The quantitative estimate of drug-likeness (QED) is 0.682. The Kier molecular flexibility index (Phi) is 5.00. The van der Waals surface area contributed by atoms with Gasteiger partial charge in [0.2, 0.25) is 0 Å². The molecule has 0 aliphatic heterocycles. The van der Waals surface area contributed by atoms with E-state index in [1.165, 1.54) is 0 Å². The van der Waals surface area contributed by atoms with Crippen LogP contribution in [-0.4, -0.2) is 12.9 Å². The van der Waals surface area contributed by atoms with E-state index in [4.69, 9.17) is 4.74 Å². The zero-order chi connectivity index (χ0) is 14.7. The Labute approximate surface area is 135 Å². The number of aryl methyl sites for hydroxylation is 1. The molecule has 0 bridgehead atoms. The van der Waals surface area contributed by atoms with Crippen molar-refractivity contribution in [2.24, 2.45) is 0 Å². The van der Waals surface area contributed by atoms with Gasteiger partial charge in [-0.1, -0.05) is 44.0 Å². The van der Waals surface area contributed by atoms with Crippen LogP contribution in [0.25, 0.3) is 0 Å². The van der Waals surface area contributed by atoms with Crippen LogP contribution < -0.4 is 4.74 Å². The number of Topliss-reactive ketones (excluding diaryl/α,β-unsaturated/α-hetero) is 1. The fourth-order valence-electron chi connectivity index (χ4n) is 1.85. The van der Waals surface area contributed by atoms with Crippen molar-refractivity contribution in [3.8, 4) is 5.75 Å². The largest absolute Gasteiger partial charge is 0.497 e. The molecule has 0 radical (unpaired) electrons. The van der Waals surface area contributed by atoms with Crippen LogP contribution in [0.15, 0.2) is 45.3 Å². The molecule has 2 nitrogen and oxygen atoms in total. The molecule has 0 amide bonds. The molecule has 20 heavy (non-hydrogen) atoms. The van der Waals surface area contributed by atoms with E-state index >= 15 is 0 Å². The number of ether oxygens (including phenoxy) is 1. The third-order valence-corrected chi connectivity index (χ3v) is 4.73. The van der Waals surface area contributed by atoms with Gasteiger partial charge in [-0.05, 0) is 42.3 Å². The molecule has 2 rings (SSSR count). The summed E-state index contributed by atoms with van der Waals surface area (Å²) in [6.45, 7) is 2.00. The van der Waals surface area contributed by atoms with Gasteiger partial charge in [-0.3, -0.25) is 4.79 Å². The van der Waals surface area contributed by atoms with Gasteiger partial charge in [0.15, 0.2) is 5.78 Å². The van der Waals surface area contributed by atoms with Crippen molar-refractivity contribution in [1.82, 2.24) is 0 Å². The van der Waals surface area contributed by atoms with Crippen molar-refractivity contribution >= 4 is 37.6 Å². The average Bonchev–Trinajstić information content (AvgIpc) is 2.44. The van der Waals surface area contributed by atoms with Crippen molar-refractivity contribution in [3.05, 3.63) is 62.0 Å². The van der Waals surface area contributed by atoms with E-state index in [0.29, 0.717) is 12.0 Å². The van der Waals surface area contributed by atoms with Crippen LogP contribution in [0, 0.1) is 6.92 Å². The van der Waals surface area contributed by atoms with Gasteiger partial charge in [0.1, 0.15) is 5.75 Å². The van der Waals surface area contributed by atoms with Crippen LogP contribution in [0.3, 0.4) is 0 Å². The van der Waals surface area contributed by atoms with Gasteiger partial charge in [0.25, 0.3) is 0 Å². The van der Waals surface area contributed by atoms with E-state index in [2.05, 4.69) is 31.9 Å². The first-order valence-corrected chi connectivity index (χ1v) is 7.71. The summed E-state index contributed by atoms with van der Waals surface area (Å²) in [5, 5.41) is 0. The minimum absolute atomic E-state index is 0.0830. The summed E-state index contributed by atoms with van der Waals surface area (Å²) in [6.07, 6.45) is 0.341. The molecular formula is C16H14Br2O2. The number of hydrogen-bond acceptors (Lipinski definition) is 2. The monoisotopic (exact) mass is 396 g/mol. The molecule has 0 saturated carbocycles. The summed E-state index contributed by atoms with van der Waals surface area (Å²) < 4.78 is 7.06. The molecule has 0 saturated heterocycles. The summed E-state index contributed by atoms with van der Waals surface area (Å²) in [5.41, 5.74) is 2.74. The van der Waals surface area contributed by atoms with Crippen molar-refractivity contribution in [2.75, 3.05) is 7.11 Å². The highest BCUT2D eigenvalue weighted by molar-refractivity contribution is 9.10. The first kappa shape index (κ1) is 15.3. The van der Waals surface area contributed by atoms with Gasteiger partial charge in [0, 0.05) is 20.9 Å². The molecule has 0 heterocycles. The van der Waals surface area contributed by atoms with Gasteiger partial charge >= 0.3 is 0 Å². The van der Waals surface area contributed by atoms with Crippen LogP contribution in [0.1, 0.15) is 21.5 Å². The van der Waals surface area contributed by atoms with Gasteiger partial charge in [-0.15, -0.1) is 0 Å². The lowest BCUT2D eigenvalue weighted by molar-refractivity contribution is 0.0992. The fourth-order valence-corrected chi connectivity index (χ4v) is 2.62. The van der Waals surface area contributed by atoms with Gasteiger partial charge in [-0.25, -0.2) is 0 Å². The number of methoxy groups -OCH3 is 1. The lowest BCUT2D eigenvalue weighted by Gasteiger charge is -2.08. The second kappa shape index (κ2) is 6.55. The van der Waals surface area contributed by atoms with Crippen LogP contribution in [0.2, 0.25) is 0 Å². The van der Waals surface area contributed by atoms with Crippen molar-refractivity contribution < 1.29 is 9.53 Å². The molecule has 0 unspecified atom stereocenters. The molecule has 0 fully saturated rings. The zero-order valence-corrected chi connectivity index (χ0v) is 14.4. The second-order valence-corrected chi connectivity index (χ2v) is 6.23. The van der Waals surface area contributed by atoms with Gasteiger partial charge < -0.3 is 4.74 Å². The molecule has 2 aromatic rings. The number of hydrogen-bond donors (Lipinski definition) is 0. The predicted molar refractivity (Wildman–Crippen MR) is 87.6 cm³/mol. The smallest absolute Gasteiger partial charge is 0.167 e. The number of halogens is 2. The van der Waals surface area contributed by atoms with E-state index in [9.17, 15) is 4.79 Å². The van der Waals surface area contributed by atoms with Gasteiger partial charge in [-0.2, -0.15) is 0 Å². The Bertz CT molecular complexity index is 651. The highest BCUT2D eigenvalue weighted by atomic mass is 79.9. The highest BCUT2D eigenvalue weighted by Gasteiger charge is 2.11. The number of rotatable bonds is 4. The molecule has 0 spiro atoms. The Balaban J connectivity index is 2.25. The number of carbonyl (C=O) groups is 1. The van der Waals surface area contributed by atoms with E-state index in [0.717, 1.165) is 25.8 Å². The van der Waals surface area contributed by atoms with Crippen LogP contribution in [-0.2, 0) is 6.42 Å². The van der Waals surface area contributed by atoms with Crippen molar-refractivity contribution in [2.45, 2.75) is 13.3 Å². The third kappa shape index (κ3) is 3.49. The molecule has 4 heteroatoms. The summed E-state index contributed by atoms with van der Waals surface area (Å²) >= 11 is 6.93. The zero-order valence-electron chi connectivity index (χ0n) is 11.2. The normalized spacial score (nSPS) is 10.4. The molecule has 0 N–H and O–H groups in total. The lowest BCUT2D eigenvalue weighted by atomic mass is 10.0. The van der Waals surface area contributed by atoms with Crippen molar-refractivity contribution in [3.63, 3.8) is 0 Å². The first-order valence-electron chi connectivity index (χ1n) is 6.13. The van der Waals surface area contributed by atoms with E-state index < -0.39 is 0 Å². The van der Waals surface area contributed by atoms with E-state index in [1.54, 1.807) is 7.11 Å². The minimum atomic E-state index is 0.0830. The Hall–Kier alpha value is -1.13. The molecule has 0 atom stereocenters. The molecule has 104 valence electrons. The number of ketones is 1. The molecule has 2 aromatic carbocycles. The lowest BCUT2D eigenvalue weighted by Crippen LogP contribution is -2.04. The van der Waals surface area contributed by atoms with Crippen LogP contribution in [0.5, 0.6) is 5.75 Å².